The van der Waals surface area contributed by atoms with Crippen LogP contribution in [0, 0.1) is 5.92 Å². The Morgan fingerprint density at radius 1 is 1.33 bits per heavy atom. The number of hydrogen-bond acceptors (Lipinski definition) is 3. The number of ether oxygens (including phenoxy) is 1. The van der Waals surface area contributed by atoms with E-state index in [1.54, 1.807) is 19.0 Å². The highest BCUT2D eigenvalue weighted by Gasteiger charge is 2.46. The maximum Gasteiger partial charge on any atom is 0.253 e. The van der Waals surface area contributed by atoms with E-state index in [1.807, 2.05) is 24.3 Å². The van der Waals surface area contributed by atoms with Crippen molar-refractivity contribution >= 4 is 5.91 Å². The van der Waals surface area contributed by atoms with Crippen LogP contribution in [0.2, 0.25) is 0 Å². The van der Waals surface area contributed by atoms with Gasteiger partial charge in [-0.1, -0.05) is 0 Å². The van der Waals surface area contributed by atoms with Gasteiger partial charge in [-0.3, -0.25) is 9.69 Å². The average Bonchev–Trinajstić information content (AvgIpc) is 3.17. The van der Waals surface area contributed by atoms with Crippen LogP contribution in [0.25, 0.3) is 0 Å². The molecule has 1 amide bonds. The highest BCUT2D eigenvalue weighted by molar-refractivity contribution is 5.93. The van der Waals surface area contributed by atoms with Crippen molar-refractivity contribution in [3.05, 3.63) is 29.8 Å². The first-order chi connectivity index (χ1) is 10.1. The number of amides is 1. The predicted molar refractivity (Wildman–Crippen MR) is 82.7 cm³/mol. The minimum absolute atomic E-state index is 0.0228. The number of fused-ring (bicyclic) bond motifs is 1. The molecule has 2 fully saturated rings. The number of rotatable bonds is 6. The molecule has 0 aromatic heterocycles. The summed E-state index contributed by atoms with van der Waals surface area (Å²) >= 11 is 0. The zero-order chi connectivity index (χ0) is 14.8. The lowest BCUT2D eigenvalue weighted by atomic mass is 10.2. The first-order valence-electron chi connectivity index (χ1n) is 7.84. The summed E-state index contributed by atoms with van der Waals surface area (Å²) in [7, 11) is 3.52. The highest BCUT2D eigenvalue weighted by Crippen LogP contribution is 2.44. The fourth-order valence-electron chi connectivity index (χ4n) is 3.17. The van der Waals surface area contributed by atoms with Gasteiger partial charge in [0.05, 0.1) is 6.61 Å². The molecule has 2 aliphatic rings. The standard InChI is InChI=1S/C17H24N2O2/c1-18(2)17(20)13-4-6-15(7-5-13)21-11-3-9-19-10-8-14-12-16(14)19/h4-7,14,16H,3,8-12H2,1-2H3. The second-order valence-electron chi connectivity index (χ2n) is 6.31. The van der Waals surface area contributed by atoms with Crippen molar-refractivity contribution in [3.63, 3.8) is 0 Å². The number of hydrogen-bond donors (Lipinski definition) is 0. The monoisotopic (exact) mass is 288 g/mol. The largest absolute Gasteiger partial charge is 0.494 e. The van der Waals surface area contributed by atoms with E-state index in [4.69, 9.17) is 4.74 Å². The second-order valence-corrected chi connectivity index (χ2v) is 6.31. The smallest absolute Gasteiger partial charge is 0.253 e. The molecule has 1 heterocycles. The first kappa shape index (κ1) is 14.4. The first-order valence-corrected chi connectivity index (χ1v) is 7.84. The summed E-state index contributed by atoms with van der Waals surface area (Å²) in [5.41, 5.74) is 0.698. The van der Waals surface area contributed by atoms with E-state index < -0.39 is 0 Å². The van der Waals surface area contributed by atoms with Gasteiger partial charge in [-0.25, -0.2) is 0 Å². The van der Waals surface area contributed by atoms with Gasteiger partial charge < -0.3 is 9.64 Å². The summed E-state index contributed by atoms with van der Waals surface area (Å²) in [6, 6.07) is 8.30. The molecule has 1 saturated carbocycles. The van der Waals surface area contributed by atoms with Crippen molar-refractivity contribution in [2.45, 2.75) is 25.3 Å². The second kappa shape index (κ2) is 6.06. The molecule has 0 bridgehead atoms. The molecule has 1 aromatic carbocycles. The third-order valence-corrected chi connectivity index (χ3v) is 4.51. The van der Waals surface area contributed by atoms with Gasteiger partial charge >= 0.3 is 0 Å². The molecule has 2 unspecified atom stereocenters. The third-order valence-electron chi connectivity index (χ3n) is 4.51. The van der Waals surface area contributed by atoms with Gasteiger partial charge in [0.1, 0.15) is 5.75 Å². The zero-order valence-corrected chi connectivity index (χ0v) is 12.9. The molecule has 0 radical (unpaired) electrons. The van der Waals surface area contributed by atoms with Crippen molar-refractivity contribution in [2.24, 2.45) is 5.92 Å². The van der Waals surface area contributed by atoms with Crippen LogP contribution in [0.1, 0.15) is 29.6 Å². The Labute approximate surface area is 126 Å². The molecule has 4 heteroatoms. The average molecular weight is 288 g/mol. The minimum atomic E-state index is 0.0228. The van der Waals surface area contributed by atoms with Gasteiger partial charge in [0.2, 0.25) is 0 Å². The third kappa shape index (κ3) is 3.38. The van der Waals surface area contributed by atoms with E-state index >= 15 is 0 Å². The number of carbonyl (C=O) groups is 1. The predicted octanol–water partition coefficient (Wildman–Crippen LogP) is 2.25. The van der Waals surface area contributed by atoms with Crippen LogP contribution in [0.5, 0.6) is 5.75 Å². The van der Waals surface area contributed by atoms with E-state index in [0.29, 0.717) is 5.56 Å². The number of benzene rings is 1. The molecule has 1 aromatic rings. The van der Waals surface area contributed by atoms with Gasteiger partial charge in [0.15, 0.2) is 0 Å². The van der Waals surface area contributed by atoms with E-state index in [2.05, 4.69) is 4.90 Å². The Balaban J connectivity index is 1.40. The summed E-state index contributed by atoms with van der Waals surface area (Å²) in [4.78, 5) is 16.0. The van der Waals surface area contributed by atoms with E-state index in [1.165, 1.54) is 19.4 Å². The molecular weight excluding hydrogens is 264 g/mol. The minimum Gasteiger partial charge on any atom is -0.494 e. The van der Waals surface area contributed by atoms with Crippen LogP contribution in [0.4, 0.5) is 0 Å². The van der Waals surface area contributed by atoms with Crippen molar-refractivity contribution < 1.29 is 9.53 Å². The zero-order valence-electron chi connectivity index (χ0n) is 12.9. The fourth-order valence-corrected chi connectivity index (χ4v) is 3.17. The van der Waals surface area contributed by atoms with Crippen molar-refractivity contribution in [1.29, 1.82) is 0 Å². The maximum atomic E-state index is 11.8. The molecule has 0 spiro atoms. The number of likely N-dealkylation sites (tertiary alicyclic amines) is 1. The fraction of sp³-hybridized carbons (Fsp3) is 0.588. The van der Waals surface area contributed by atoms with E-state index in [9.17, 15) is 4.79 Å². The van der Waals surface area contributed by atoms with Gasteiger partial charge in [-0.2, -0.15) is 0 Å². The normalized spacial score (nSPS) is 23.7. The summed E-state index contributed by atoms with van der Waals surface area (Å²) in [6.07, 6.45) is 3.89. The lowest BCUT2D eigenvalue weighted by Gasteiger charge is -2.17. The van der Waals surface area contributed by atoms with Crippen molar-refractivity contribution in [2.75, 3.05) is 33.8 Å². The molecule has 21 heavy (non-hydrogen) atoms. The van der Waals surface area contributed by atoms with Crippen molar-refractivity contribution in [1.82, 2.24) is 9.80 Å². The van der Waals surface area contributed by atoms with Gasteiger partial charge in [-0.05, 0) is 56.0 Å². The number of nitrogens with zero attached hydrogens (tertiary/aromatic N) is 2. The maximum absolute atomic E-state index is 11.8. The van der Waals surface area contributed by atoms with Crippen LogP contribution < -0.4 is 4.74 Å². The lowest BCUT2D eigenvalue weighted by Crippen LogP contribution is -2.25. The summed E-state index contributed by atoms with van der Waals surface area (Å²) in [6.45, 7) is 3.17. The Kier molecular flexibility index (Phi) is 4.15. The summed E-state index contributed by atoms with van der Waals surface area (Å²) in [5, 5.41) is 0. The van der Waals surface area contributed by atoms with Crippen LogP contribution in [0.15, 0.2) is 24.3 Å². The van der Waals surface area contributed by atoms with Gasteiger partial charge in [-0.15, -0.1) is 0 Å². The van der Waals surface area contributed by atoms with Crippen LogP contribution in [-0.2, 0) is 0 Å². The molecule has 1 aliphatic carbocycles. The topological polar surface area (TPSA) is 32.8 Å². The molecule has 2 atom stereocenters. The van der Waals surface area contributed by atoms with Crippen molar-refractivity contribution in [3.8, 4) is 5.75 Å². The molecule has 114 valence electrons. The van der Waals surface area contributed by atoms with Crippen LogP contribution in [-0.4, -0.2) is 55.5 Å². The summed E-state index contributed by atoms with van der Waals surface area (Å²) < 4.78 is 5.76. The van der Waals surface area contributed by atoms with Crippen LogP contribution in [0.3, 0.4) is 0 Å². The molecule has 1 aliphatic heterocycles. The van der Waals surface area contributed by atoms with Gasteiger partial charge in [0, 0.05) is 32.2 Å². The summed E-state index contributed by atoms with van der Waals surface area (Å²) in [5.74, 6) is 1.87. The molecule has 1 saturated heterocycles. The lowest BCUT2D eigenvalue weighted by molar-refractivity contribution is 0.0827. The van der Waals surface area contributed by atoms with Gasteiger partial charge in [0.25, 0.3) is 5.91 Å². The van der Waals surface area contributed by atoms with Crippen LogP contribution >= 0.6 is 0 Å². The Morgan fingerprint density at radius 3 is 2.67 bits per heavy atom. The quantitative estimate of drug-likeness (QED) is 0.753. The highest BCUT2D eigenvalue weighted by atomic mass is 16.5. The van der Waals surface area contributed by atoms with E-state index in [-0.39, 0.29) is 5.91 Å². The SMILES string of the molecule is CN(C)C(=O)c1ccc(OCCCN2CCC3CC32)cc1. The van der Waals surface area contributed by atoms with E-state index in [0.717, 1.165) is 37.3 Å². The Morgan fingerprint density at radius 2 is 2.10 bits per heavy atom. The molecule has 0 N–H and O–H groups in total. The Bertz CT molecular complexity index is 498. The molecular formula is C17H24N2O2. The molecule has 4 nitrogen and oxygen atoms in total. The number of carbonyl (C=O) groups excluding carboxylic acids is 1. The Hall–Kier alpha value is -1.55. The number of piperidine rings is 1. The molecule has 3 rings (SSSR count).